The van der Waals surface area contributed by atoms with Crippen molar-refractivity contribution in [1.29, 1.82) is 0 Å². The van der Waals surface area contributed by atoms with E-state index in [1.807, 2.05) is 39.0 Å². The lowest BCUT2D eigenvalue weighted by Crippen LogP contribution is -2.38. The van der Waals surface area contributed by atoms with Gasteiger partial charge in [-0.3, -0.25) is 4.79 Å². The van der Waals surface area contributed by atoms with Gasteiger partial charge in [-0.1, -0.05) is 45.0 Å². The van der Waals surface area contributed by atoms with E-state index in [1.54, 1.807) is 6.07 Å². The van der Waals surface area contributed by atoms with Crippen LogP contribution in [0.4, 0.5) is 0 Å². The Hall–Kier alpha value is -1.40. The van der Waals surface area contributed by atoms with Crippen LogP contribution in [0, 0.1) is 5.92 Å². The molecule has 0 heterocycles. The van der Waals surface area contributed by atoms with Gasteiger partial charge in [0.2, 0.25) is 15.9 Å². The predicted molar refractivity (Wildman–Crippen MR) is 84.3 cm³/mol. The van der Waals surface area contributed by atoms with Crippen molar-refractivity contribution in [3.05, 3.63) is 35.4 Å². The first kappa shape index (κ1) is 17.7. The third-order valence-corrected chi connectivity index (χ3v) is 4.28. The van der Waals surface area contributed by atoms with E-state index in [9.17, 15) is 13.2 Å². The Morgan fingerprint density at radius 1 is 1.19 bits per heavy atom. The fourth-order valence-corrected chi connectivity index (χ4v) is 3.00. The van der Waals surface area contributed by atoms with E-state index in [4.69, 9.17) is 0 Å². The van der Waals surface area contributed by atoms with Crippen LogP contribution in [-0.2, 0) is 27.0 Å². The highest BCUT2D eigenvalue weighted by atomic mass is 32.2. The second kappa shape index (κ2) is 8.14. The van der Waals surface area contributed by atoms with E-state index in [-0.39, 0.29) is 18.2 Å². The zero-order valence-electron chi connectivity index (χ0n) is 12.8. The van der Waals surface area contributed by atoms with Gasteiger partial charge < -0.3 is 5.32 Å². The summed E-state index contributed by atoms with van der Waals surface area (Å²) in [5.41, 5.74) is 1.78. The third-order valence-electron chi connectivity index (χ3n) is 3.00. The van der Waals surface area contributed by atoms with Gasteiger partial charge in [0.1, 0.15) is 0 Å². The van der Waals surface area contributed by atoms with Gasteiger partial charge in [-0.15, -0.1) is 0 Å². The minimum atomic E-state index is -3.51. The van der Waals surface area contributed by atoms with Gasteiger partial charge >= 0.3 is 0 Å². The van der Waals surface area contributed by atoms with E-state index in [2.05, 4.69) is 10.0 Å². The molecule has 1 aromatic carbocycles. The molecular formula is C15H24N2O3S. The zero-order chi connectivity index (χ0) is 15.9. The molecule has 0 atom stereocenters. The minimum Gasteiger partial charge on any atom is -0.355 e. The number of carbonyl (C=O) groups excluding carboxylic acids is 1. The summed E-state index contributed by atoms with van der Waals surface area (Å²) >= 11 is 0. The smallest absolute Gasteiger partial charge is 0.235 e. The quantitative estimate of drug-likeness (QED) is 0.763. The molecule has 0 bridgehead atoms. The fraction of sp³-hybridized carbons (Fsp3) is 0.533. The second-order valence-corrected chi connectivity index (χ2v) is 7.21. The molecule has 0 aliphatic heterocycles. The molecule has 1 amide bonds. The molecular weight excluding hydrogens is 288 g/mol. The Labute approximate surface area is 127 Å². The molecule has 0 spiro atoms. The van der Waals surface area contributed by atoms with E-state index in [0.29, 0.717) is 12.5 Å². The summed E-state index contributed by atoms with van der Waals surface area (Å²) in [6, 6.07) is 7.43. The van der Waals surface area contributed by atoms with E-state index < -0.39 is 10.0 Å². The van der Waals surface area contributed by atoms with Gasteiger partial charge in [-0.25, -0.2) is 13.1 Å². The number of benzene rings is 1. The summed E-state index contributed by atoms with van der Waals surface area (Å²) in [4.78, 5) is 11.5. The number of rotatable bonds is 8. The second-order valence-electron chi connectivity index (χ2n) is 5.40. The minimum absolute atomic E-state index is 0.103. The van der Waals surface area contributed by atoms with E-state index in [1.165, 1.54) is 0 Å². The Kier molecular flexibility index (Phi) is 6.84. The largest absolute Gasteiger partial charge is 0.355 e. The molecule has 1 aromatic rings. The number of sulfonamides is 1. The first-order valence-corrected chi connectivity index (χ1v) is 8.80. The summed E-state index contributed by atoms with van der Waals surface area (Å²) in [5, 5.41) is 2.68. The van der Waals surface area contributed by atoms with Crippen molar-refractivity contribution in [3.8, 4) is 0 Å². The van der Waals surface area contributed by atoms with Crippen LogP contribution >= 0.6 is 0 Å². The first-order chi connectivity index (χ1) is 9.84. The number of carbonyl (C=O) groups is 1. The lowest BCUT2D eigenvalue weighted by Gasteiger charge is -2.11. The van der Waals surface area contributed by atoms with Crippen LogP contribution in [0.3, 0.4) is 0 Å². The van der Waals surface area contributed by atoms with Crippen molar-refractivity contribution in [3.63, 3.8) is 0 Å². The van der Waals surface area contributed by atoms with Crippen LogP contribution in [0.2, 0.25) is 0 Å². The molecule has 0 unspecified atom stereocenters. The maximum absolute atomic E-state index is 12.0. The van der Waals surface area contributed by atoms with Gasteiger partial charge in [-0.05, 0) is 23.5 Å². The molecule has 5 nitrogen and oxygen atoms in total. The fourth-order valence-electron chi connectivity index (χ4n) is 1.85. The molecule has 0 fully saturated rings. The maximum atomic E-state index is 12.0. The lowest BCUT2D eigenvalue weighted by atomic mass is 10.1. The molecule has 2 N–H and O–H groups in total. The Balaban J connectivity index is 2.56. The standard InChI is InChI=1S/C15H24N2O3S/c1-4-13-7-5-6-8-14(13)11-21(19,20)17-10-15(18)16-9-12(2)3/h5-8,12,17H,4,9-11H2,1-3H3,(H,16,18). The number of nitrogens with one attached hydrogen (secondary N) is 2. The average Bonchev–Trinajstić information content (AvgIpc) is 2.43. The van der Waals surface area contributed by atoms with Crippen LogP contribution in [0.5, 0.6) is 0 Å². The predicted octanol–water partition coefficient (Wildman–Crippen LogP) is 1.44. The molecule has 0 aromatic heterocycles. The lowest BCUT2D eigenvalue weighted by molar-refractivity contribution is -0.120. The average molecular weight is 312 g/mol. The molecule has 0 aliphatic carbocycles. The normalized spacial score (nSPS) is 11.6. The topological polar surface area (TPSA) is 75.3 Å². The molecule has 0 radical (unpaired) electrons. The van der Waals surface area contributed by atoms with Gasteiger partial charge in [0.15, 0.2) is 0 Å². The van der Waals surface area contributed by atoms with Crippen LogP contribution in [0.25, 0.3) is 0 Å². The molecule has 0 saturated heterocycles. The SMILES string of the molecule is CCc1ccccc1CS(=O)(=O)NCC(=O)NCC(C)C. The van der Waals surface area contributed by atoms with Gasteiger partial charge in [0, 0.05) is 6.54 Å². The number of aryl methyl sites for hydroxylation is 1. The first-order valence-electron chi connectivity index (χ1n) is 7.15. The summed E-state index contributed by atoms with van der Waals surface area (Å²) in [7, 11) is -3.51. The van der Waals surface area contributed by atoms with Crippen molar-refractivity contribution in [2.75, 3.05) is 13.1 Å². The Morgan fingerprint density at radius 3 is 2.38 bits per heavy atom. The monoisotopic (exact) mass is 312 g/mol. The maximum Gasteiger partial charge on any atom is 0.235 e. The van der Waals surface area contributed by atoms with Gasteiger partial charge in [-0.2, -0.15) is 0 Å². The summed E-state index contributed by atoms with van der Waals surface area (Å²) in [5.74, 6) is -0.0767. The van der Waals surface area contributed by atoms with Gasteiger partial charge in [0.25, 0.3) is 0 Å². The van der Waals surface area contributed by atoms with Crippen LogP contribution in [0.1, 0.15) is 31.9 Å². The molecule has 118 valence electrons. The third kappa shape index (κ3) is 6.73. The molecule has 1 rings (SSSR count). The number of hydrogen-bond donors (Lipinski definition) is 2. The van der Waals surface area contributed by atoms with Crippen molar-refractivity contribution < 1.29 is 13.2 Å². The van der Waals surface area contributed by atoms with Crippen molar-refractivity contribution >= 4 is 15.9 Å². The molecule has 0 saturated carbocycles. The van der Waals surface area contributed by atoms with E-state index in [0.717, 1.165) is 17.5 Å². The highest BCUT2D eigenvalue weighted by molar-refractivity contribution is 7.88. The van der Waals surface area contributed by atoms with Gasteiger partial charge in [0.05, 0.1) is 12.3 Å². The summed E-state index contributed by atoms with van der Waals surface area (Å²) in [6.07, 6.45) is 0.778. The van der Waals surface area contributed by atoms with Crippen LogP contribution in [0.15, 0.2) is 24.3 Å². The number of amides is 1. The van der Waals surface area contributed by atoms with E-state index >= 15 is 0 Å². The Morgan fingerprint density at radius 2 is 1.81 bits per heavy atom. The van der Waals surface area contributed by atoms with Crippen LogP contribution < -0.4 is 10.0 Å². The Bertz CT molecular complexity index is 568. The highest BCUT2D eigenvalue weighted by Gasteiger charge is 2.15. The molecule has 0 aliphatic rings. The number of hydrogen-bond acceptors (Lipinski definition) is 3. The van der Waals surface area contributed by atoms with Crippen molar-refractivity contribution in [1.82, 2.24) is 10.0 Å². The molecule has 21 heavy (non-hydrogen) atoms. The zero-order valence-corrected chi connectivity index (χ0v) is 13.7. The van der Waals surface area contributed by atoms with Crippen molar-refractivity contribution in [2.45, 2.75) is 32.9 Å². The van der Waals surface area contributed by atoms with Crippen molar-refractivity contribution in [2.24, 2.45) is 5.92 Å². The summed E-state index contributed by atoms with van der Waals surface area (Å²) in [6.45, 7) is 6.26. The highest BCUT2D eigenvalue weighted by Crippen LogP contribution is 2.12. The summed E-state index contributed by atoms with van der Waals surface area (Å²) < 4.78 is 26.4. The molecule has 6 heteroatoms. The van der Waals surface area contributed by atoms with Crippen LogP contribution in [-0.4, -0.2) is 27.4 Å².